The summed E-state index contributed by atoms with van der Waals surface area (Å²) in [5.41, 5.74) is 8.52. The zero-order valence-corrected chi connectivity index (χ0v) is 12.8. The van der Waals surface area contributed by atoms with Gasteiger partial charge in [0.05, 0.1) is 22.8 Å². The molecule has 0 spiro atoms. The molecule has 0 aliphatic rings. The van der Waals surface area contributed by atoms with Crippen molar-refractivity contribution < 1.29 is 0 Å². The molecule has 6 heteroatoms. The highest BCUT2D eigenvalue weighted by Crippen LogP contribution is 2.20. The molecule has 2 aromatic heterocycles. The minimum Gasteiger partial charge on any atom is -0.389 e. The monoisotopic (exact) mass is 292 g/mol. The van der Waals surface area contributed by atoms with Crippen LogP contribution in [-0.4, -0.2) is 22.0 Å². The van der Waals surface area contributed by atoms with Gasteiger partial charge >= 0.3 is 0 Å². The Morgan fingerprint density at radius 3 is 2.68 bits per heavy atom. The van der Waals surface area contributed by atoms with E-state index >= 15 is 0 Å². The van der Waals surface area contributed by atoms with Gasteiger partial charge in [-0.1, -0.05) is 12.2 Å². The fraction of sp³-hybridized carbons (Fsp3) is 0.308. The van der Waals surface area contributed by atoms with Gasteiger partial charge in [-0.3, -0.25) is 0 Å². The van der Waals surface area contributed by atoms with Crippen molar-refractivity contribution in [3.05, 3.63) is 39.5 Å². The third kappa shape index (κ3) is 3.27. The fourth-order valence-electron chi connectivity index (χ4n) is 1.83. The summed E-state index contributed by atoms with van der Waals surface area (Å²) in [5, 5.41) is 3.12. The van der Waals surface area contributed by atoms with Crippen molar-refractivity contribution in [2.24, 2.45) is 5.73 Å². The van der Waals surface area contributed by atoms with E-state index in [-0.39, 0.29) is 0 Å². The van der Waals surface area contributed by atoms with Gasteiger partial charge in [-0.25, -0.2) is 9.97 Å². The first-order chi connectivity index (χ1) is 8.97. The summed E-state index contributed by atoms with van der Waals surface area (Å²) in [6.45, 7) is 4.64. The average Bonchev–Trinajstić information content (AvgIpc) is 2.74. The summed E-state index contributed by atoms with van der Waals surface area (Å²) >= 11 is 6.72. The number of aromatic nitrogens is 2. The molecule has 0 saturated carbocycles. The summed E-state index contributed by atoms with van der Waals surface area (Å²) in [7, 11) is 1.97. The first-order valence-electron chi connectivity index (χ1n) is 5.87. The number of hydrogen-bond acceptors (Lipinski definition) is 5. The third-order valence-electron chi connectivity index (χ3n) is 2.71. The van der Waals surface area contributed by atoms with E-state index < -0.39 is 0 Å². The predicted octanol–water partition coefficient (Wildman–Crippen LogP) is 2.43. The highest BCUT2D eigenvalue weighted by Gasteiger charge is 2.13. The minimum absolute atomic E-state index is 0.365. The number of rotatable bonds is 4. The first-order valence-corrected chi connectivity index (χ1v) is 7.15. The van der Waals surface area contributed by atoms with Crippen molar-refractivity contribution >= 4 is 34.4 Å². The van der Waals surface area contributed by atoms with Crippen LogP contribution in [0.4, 0.5) is 5.82 Å². The summed E-state index contributed by atoms with van der Waals surface area (Å²) in [4.78, 5) is 11.4. The van der Waals surface area contributed by atoms with E-state index in [2.05, 4.69) is 15.3 Å². The van der Waals surface area contributed by atoms with Gasteiger partial charge in [0.1, 0.15) is 10.8 Å². The van der Waals surface area contributed by atoms with Crippen LogP contribution in [-0.2, 0) is 6.54 Å². The maximum Gasteiger partial charge on any atom is 0.139 e. The number of nitrogens with zero attached hydrogens (tertiary/aromatic N) is 3. The summed E-state index contributed by atoms with van der Waals surface area (Å²) in [5.74, 6) is 0.804. The number of thiazole rings is 1. The van der Waals surface area contributed by atoms with Crippen molar-refractivity contribution in [2.75, 3.05) is 11.9 Å². The fourth-order valence-corrected chi connectivity index (χ4v) is 2.59. The van der Waals surface area contributed by atoms with Gasteiger partial charge in [0.2, 0.25) is 0 Å². The Morgan fingerprint density at radius 1 is 1.37 bits per heavy atom. The summed E-state index contributed by atoms with van der Waals surface area (Å²) < 4.78 is 0. The number of anilines is 1. The van der Waals surface area contributed by atoms with Gasteiger partial charge in [-0.05, 0) is 26.0 Å². The van der Waals surface area contributed by atoms with Crippen LogP contribution in [0.25, 0.3) is 0 Å². The molecule has 2 aromatic rings. The summed E-state index contributed by atoms with van der Waals surface area (Å²) in [6, 6.07) is 3.83. The highest BCUT2D eigenvalue weighted by molar-refractivity contribution is 7.80. The second-order valence-electron chi connectivity index (χ2n) is 4.40. The van der Waals surface area contributed by atoms with Crippen LogP contribution in [0, 0.1) is 13.8 Å². The molecule has 0 fully saturated rings. The molecule has 0 unspecified atom stereocenters. The number of hydrogen-bond donors (Lipinski definition) is 1. The second-order valence-corrected chi connectivity index (χ2v) is 5.90. The van der Waals surface area contributed by atoms with Crippen molar-refractivity contribution in [3.63, 3.8) is 0 Å². The molecule has 2 heterocycles. The van der Waals surface area contributed by atoms with E-state index in [1.54, 1.807) is 11.3 Å². The largest absolute Gasteiger partial charge is 0.389 e. The van der Waals surface area contributed by atoms with Crippen molar-refractivity contribution in [1.82, 2.24) is 9.97 Å². The zero-order valence-electron chi connectivity index (χ0n) is 11.2. The van der Waals surface area contributed by atoms with Crippen molar-refractivity contribution in [1.29, 1.82) is 0 Å². The first kappa shape index (κ1) is 13.9. The van der Waals surface area contributed by atoms with Gasteiger partial charge in [-0.2, -0.15) is 0 Å². The van der Waals surface area contributed by atoms with Crippen LogP contribution >= 0.6 is 23.6 Å². The van der Waals surface area contributed by atoms with Crippen molar-refractivity contribution in [3.8, 4) is 0 Å². The molecular formula is C13H16N4S2. The van der Waals surface area contributed by atoms with E-state index in [0.717, 1.165) is 27.8 Å². The lowest BCUT2D eigenvalue weighted by molar-refractivity contribution is 0.865. The lowest BCUT2D eigenvalue weighted by atomic mass is 10.2. The minimum atomic E-state index is 0.365. The Labute approximate surface area is 122 Å². The number of nitrogens with two attached hydrogens (primary N) is 1. The summed E-state index contributed by atoms with van der Waals surface area (Å²) in [6.07, 6.45) is 0. The van der Waals surface area contributed by atoms with Crippen LogP contribution in [0.15, 0.2) is 17.5 Å². The molecule has 0 radical (unpaired) electrons. The molecule has 2 N–H and O–H groups in total. The Morgan fingerprint density at radius 2 is 2.11 bits per heavy atom. The molecule has 0 aliphatic carbocycles. The molecule has 0 saturated heterocycles. The van der Waals surface area contributed by atoms with E-state index in [9.17, 15) is 0 Å². The van der Waals surface area contributed by atoms with Gasteiger partial charge in [0, 0.05) is 18.1 Å². The van der Waals surface area contributed by atoms with E-state index in [4.69, 9.17) is 18.0 Å². The molecule has 100 valence electrons. The number of pyridine rings is 1. The number of aryl methyl sites for hydroxylation is 2. The molecule has 0 aromatic carbocycles. The van der Waals surface area contributed by atoms with Gasteiger partial charge in [0.25, 0.3) is 0 Å². The smallest absolute Gasteiger partial charge is 0.139 e. The normalized spacial score (nSPS) is 10.5. The molecule has 0 bridgehead atoms. The number of thiocarbonyl (C=S) groups is 1. The maximum absolute atomic E-state index is 5.75. The van der Waals surface area contributed by atoms with Crippen LogP contribution in [0.5, 0.6) is 0 Å². The van der Waals surface area contributed by atoms with Gasteiger partial charge in [-0.15, -0.1) is 11.3 Å². The van der Waals surface area contributed by atoms with Gasteiger partial charge < -0.3 is 10.6 Å². The lowest BCUT2D eigenvalue weighted by Crippen LogP contribution is -2.23. The molecular weight excluding hydrogens is 276 g/mol. The second kappa shape index (κ2) is 5.63. The highest BCUT2D eigenvalue weighted by atomic mass is 32.1. The Hall–Kier alpha value is -1.53. The van der Waals surface area contributed by atoms with E-state index in [1.807, 2.05) is 37.9 Å². The SMILES string of the molecule is Cc1ccc(C(N)=S)c(N(C)Cc2csc(C)n2)n1. The predicted molar refractivity (Wildman–Crippen MR) is 83.8 cm³/mol. The molecule has 0 atom stereocenters. The van der Waals surface area contributed by atoms with Crippen LogP contribution in [0.1, 0.15) is 22.0 Å². The lowest BCUT2D eigenvalue weighted by Gasteiger charge is -2.20. The van der Waals surface area contributed by atoms with E-state index in [1.165, 1.54) is 0 Å². The zero-order chi connectivity index (χ0) is 14.0. The Bertz CT molecular complexity index is 606. The molecule has 4 nitrogen and oxygen atoms in total. The third-order valence-corrected chi connectivity index (χ3v) is 3.75. The Kier molecular flexibility index (Phi) is 4.11. The van der Waals surface area contributed by atoms with Crippen LogP contribution in [0.3, 0.4) is 0 Å². The molecule has 0 amide bonds. The molecule has 19 heavy (non-hydrogen) atoms. The molecule has 0 aliphatic heterocycles. The van der Waals surface area contributed by atoms with Gasteiger partial charge in [0.15, 0.2) is 0 Å². The maximum atomic E-state index is 5.75. The van der Waals surface area contributed by atoms with Crippen LogP contribution in [0.2, 0.25) is 0 Å². The molecule has 2 rings (SSSR count). The van der Waals surface area contributed by atoms with E-state index in [0.29, 0.717) is 11.5 Å². The standard InChI is InChI=1S/C13H16N4S2/c1-8-4-5-11(12(14)18)13(15-8)17(3)6-10-7-19-9(2)16-10/h4-5,7H,6H2,1-3H3,(H2,14,18). The van der Waals surface area contributed by atoms with Crippen molar-refractivity contribution in [2.45, 2.75) is 20.4 Å². The van der Waals surface area contributed by atoms with Crippen LogP contribution < -0.4 is 10.6 Å². The Balaban J connectivity index is 2.29. The topological polar surface area (TPSA) is 55.0 Å². The quantitative estimate of drug-likeness (QED) is 0.877. The average molecular weight is 292 g/mol.